The second kappa shape index (κ2) is 9.24. The Morgan fingerprint density at radius 1 is 0.880 bits per heavy atom. The maximum Gasteiger partial charge on any atom is 0.187 e. The highest BCUT2D eigenvalue weighted by atomic mass is 32.1. The zero-order valence-corrected chi connectivity index (χ0v) is 14.6. The first-order chi connectivity index (χ1) is 11.8. The highest BCUT2D eigenvalue weighted by Crippen LogP contribution is 2.29. The lowest BCUT2D eigenvalue weighted by Crippen LogP contribution is -2.64. The molecule has 2 aliphatic heterocycles. The zero-order chi connectivity index (χ0) is 18.7. The summed E-state index contributed by atoms with van der Waals surface area (Å²) in [5.74, 6) is 0.358. The molecule has 0 bridgehead atoms. The molecule has 10 nitrogen and oxygen atoms in total. The van der Waals surface area contributed by atoms with Gasteiger partial charge in [-0.1, -0.05) is 0 Å². The van der Waals surface area contributed by atoms with Crippen LogP contribution in [0.4, 0.5) is 0 Å². The molecule has 0 aromatic rings. The summed E-state index contributed by atoms with van der Waals surface area (Å²) < 4.78 is 21.3. The van der Waals surface area contributed by atoms with E-state index in [1.165, 1.54) is 6.92 Å². The normalized spacial score (nSPS) is 48.5. The molecule has 11 heteroatoms. The fourth-order valence-electron chi connectivity index (χ4n) is 2.80. The third-order valence-corrected chi connectivity index (χ3v) is 4.48. The number of aliphatic hydroxyl groups excluding tert-OH is 6. The van der Waals surface area contributed by atoms with E-state index in [2.05, 4.69) is 12.6 Å². The van der Waals surface area contributed by atoms with Crippen molar-refractivity contribution in [2.45, 2.75) is 68.3 Å². The van der Waals surface area contributed by atoms with Crippen LogP contribution >= 0.6 is 12.6 Å². The fourth-order valence-corrected chi connectivity index (χ4v) is 2.91. The average Bonchev–Trinajstić information content (AvgIpc) is 2.60. The molecule has 10 atom stereocenters. The van der Waals surface area contributed by atoms with E-state index in [0.717, 1.165) is 0 Å². The minimum absolute atomic E-state index is 0.149. The van der Waals surface area contributed by atoms with E-state index < -0.39 is 68.0 Å². The van der Waals surface area contributed by atoms with Crippen LogP contribution in [0.3, 0.4) is 0 Å². The van der Waals surface area contributed by atoms with Crippen molar-refractivity contribution in [3.05, 3.63) is 0 Å². The molecule has 0 saturated carbocycles. The van der Waals surface area contributed by atoms with Gasteiger partial charge in [0.05, 0.1) is 19.3 Å². The van der Waals surface area contributed by atoms with Crippen LogP contribution in [-0.4, -0.2) is 111 Å². The topological polar surface area (TPSA) is 158 Å². The molecule has 2 fully saturated rings. The highest BCUT2D eigenvalue weighted by Gasteiger charge is 2.50. The third-order valence-electron chi connectivity index (χ3n) is 4.29. The van der Waals surface area contributed by atoms with Gasteiger partial charge in [0, 0.05) is 5.75 Å². The van der Waals surface area contributed by atoms with Crippen LogP contribution in [0.2, 0.25) is 0 Å². The summed E-state index contributed by atoms with van der Waals surface area (Å²) in [5.41, 5.74) is 0. The van der Waals surface area contributed by atoms with Crippen LogP contribution < -0.4 is 0 Å². The van der Waals surface area contributed by atoms with E-state index in [-0.39, 0.29) is 6.61 Å². The van der Waals surface area contributed by atoms with Crippen molar-refractivity contribution < 1.29 is 49.6 Å². The van der Waals surface area contributed by atoms with Gasteiger partial charge in [0.2, 0.25) is 0 Å². The number of rotatable bonds is 6. The summed E-state index contributed by atoms with van der Waals surface area (Å²) in [7, 11) is 0. The molecule has 6 N–H and O–H groups in total. The summed E-state index contributed by atoms with van der Waals surface area (Å²) in [6, 6.07) is 0. The van der Waals surface area contributed by atoms with E-state index in [1.54, 1.807) is 0 Å². The van der Waals surface area contributed by atoms with Gasteiger partial charge in [-0.3, -0.25) is 0 Å². The van der Waals surface area contributed by atoms with Gasteiger partial charge in [0.15, 0.2) is 12.6 Å². The molecular weight excluding hydrogens is 360 g/mol. The fraction of sp³-hybridized carbons (Fsp3) is 1.00. The third kappa shape index (κ3) is 4.62. The van der Waals surface area contributed by atoms with Gasteiger partial charge in [-0.25, -0.2) is 0 Å². The predicted octanol–water partition coefficient (Wildman–Crippen LogP) is -3.42. The lowest BCUT2D eigenvalue weighted by atomic mass is 9.97. The van der Waals surface area contributed by atoms with Crippen LogP contribution in [0.25, 0.3) is 0 Å². The first-order valence-electron chi connectivity index (χ1n) is 8.01. The van der Waals surface area contributed by atoms with Crippen molar-refractivity contribution in [3.63, 3.8) is 0 Å². The Morgan fingerprint density at radius 2 is 1.56 bits per heavy atom. The second-order valence-electron chi connectivity index (χ2n) is 6.08. The smallest absolute Gasteiger partial charge is 0.187 e. The van der Waals surface area contributed by atoms with Gasteiger partial charge < -0.3 is 49.6 Å². The highest BCUT2D eigenvalue weighted by molar-refractivity contribution is 7.80. The summed E-state index contributed by atoms with van der Waals surface area (Å²) >= 11 is 3.98. The molecule has 0 amide bonds. The minimum atomic E-state index is -1.60. The van der Waals surface area contributed by atoms with E-state index in [4.69, 9.17) is 18.9 Å². The van der Waals surface area contributed by atoms with Crippen molar-refractivity contribution in [2.24, 2.45) is 0 Å². The Balaban J connectivity index is 2.11. The molecule has 0 radical (unpaired) electrons. The van der Waals surface area contributed by atoms with Crippen molar-refractivity contribution in [3.8, 4) is 0 Å². The SMILES string of the molecule is C[C@@H]1O[C@@H](O[C@@H]2[C@@H](O)[C@H](OCCS)O[C@H](CO)[C@H]2O)[C@H](O)[C@H](O)[C@H]1O. The summed E-state index contributed by atoms with van der Waals surface area (Å²) in [6.45, 7) is 1.07. The van der Waals surface area contributed by atoms with E-state index in [9.17, 15) is 30.6 Å². The predicted molar refractivity (Wildman–Crippen MR) is 84.8 cm³/mol. The lowest BCUT2D eigenvalue weighted by molar-refractivity contribution is -0.356. The molecule has 0 aromatic carbocycles. The van der Waals surface area contributed by atoms with Crippen molar-refractivity contribution >= 4 is 12.6 Å². The molecule has 0 aromatic heterocycles. The second-order valence-corrected chi connectivity index (χ2v) is 6.53. The van der Waals surface area contributed by atoms with Crippen molar-refractivity contribution in [2.75, 3.05) is 19.0 Å². The van der Waals surface area contributed by atoms with Crippen LogP contribution in [0.5, 0.6) is 0 Å². The summed E-state index contributed by atoms with van der Waals surface area (Å²) in [4.78, 5) is 0. The molecule has 2 saturated heterocycles. The maximum atomic E-state index is 10.3. The van der Waals surface area contributed by atoms with Crippen LogP contribution in [0.15, 0.2) is 0 Å². The van der Waals surface area contributed by atoms with Crippen LogP contribution in [0.1, 0.15) is 6.92 Å². The largest absolute Gasteiger partial charge is 0.394 e. The van der Waals surface area contributed by atoms with Crippen molar-refractivity contribution in [1.29, 1.82) is 0 Å². The Kier molecular flexibility index (Phi) is 7.85. The zero-order valence-electron chi connectivity index (χ0n) is 13.7. The van der Waals surface area contributed by atoms with Gasteiger partial charge >= 0.3 is 0 Å². The monoisotopic (exact) mass is 386 g/mol. The van der Waals surface area contributed by atoms with E-state index in [0.29, 0.717) is 5.75 Å². The van der Waals surface area contributed by atoms with Crippen LogP contribution in [0, 0.1) is 0 Å². The number of thiol groups is 1. The molecule has 25 heavy (non-hydrogen) atoms. The quantitative estimate of drug-likeness (QED) is 0.229. The lowest BCUT2D eigenvalue weighted by Gasteiger charge is -2.45. The molecule has 0 unspecified atom stereocenters. The first-order valence-corrected chi connectivity index (χ1v) is 8.65. The minimum Gasteiger partial charge on any atom is -0.394 e. The van der Waals surface area contributed by atoms with Crippen LogP contribution in [-0.2, 0) is 18.9 Å². The number of ether oxygens (including phenoxy) is 4. The molecule has 2 aliphatic rings. The molecule has 2 heterocycles. The van der Waals surface area contributed by atoms with Gasteiger partial charge in [-0.15, -0.1) is 0 Å². The molecule has 2 rings (SSSR count). The maximum absolute atomic E-state index is 10.3. The van der Waals surface area contributed by atoms with Gasteiger partial charge in [-0.05, 0) is 6.92 Å². The van der Waals surface area contributed by atoms with Gasteiger partial charge in [-0.2, -0.15) is 12.6 Å². The summed E-state index contributed by atoms with van der Waals surface area (Å²) in [6.07, 6.45) is -13.2. The Bertz CT molecular complexity index is 415. The number of aliphatic hydroxyl groups is 6. The number of hydrogen-bond donors (Lipinski definition) is 7. The summed E-state index contributed by atoms with van der Waals surface area (Å²) in [5, 5.41) is 59.5. The molecule has 148 valence electrons. The molecular formula is C14H26O10S. The van der Waals surface area contributed by atoms with E-state index in [1.807, 2.05) is 0 Å². The Morgan fingerprint density at radius 3 is 2.16 bits per heavy atom. The number of hydrogen-bond acceptors (Lipinski definition) is 11. The Labute approximate surface area is 150 Å². The van der Waals surface area contributed by atoms with Crippen molar-refractivity contribution in [1.82, 2.24) is 0 Å². The Hall–Kier alpha value is -0.0500. The van der Waals surface area contributed by atoms with Gasteiger partial charge in [0.25, 0.3) is 0 Å². The first kappa shape index (κ1) is 21.3. The standard InChI is InChI=1S/C14H26O10S/c1-5-7(16)9(18)10(19)14(22-5)24-12-8(17)6(4-15)23-13(11(12)20)21-2-3-25/h5-20,25H,2-4H2,1H3/t5-,6+,7-,8+,9+,10+,11+,12-,13+,14-/m0/s1. The van der Waals surface area contributed by atoms with Gasteiger partial charge in [0.1, 0.15) is 42.7 Å². The molecule has 0 spiro atoms. The van der Waals surface area contributed by atoms with E-state index >= 15 is 0 Å². The average molecular weight is 386 g/mol. The molecule has 0 aliphatic carbocycles.